The zero-order valence-corrected chi connectivity index (χ0v) is 12.7. The van der Waals surface area contributed by atoms with Crippen LogP contribution in [0.3, 0.4) is 0 Å². The van der Waals surface area contributed by atoms with E-state index in [0.29, 0.717) is 6.54 Å². The number of nitrogens with one attached hydrogen (secondary N) is 1. The molecule has 4 nitrogen and oxygen atoms in total. The summed E-state index contributed by atoms with van der Waals surface area (Å²) < 4.78 is 6.13. The fourth-order valence-corrected chi connectivity index (χ4v) is 3.74. The van der Waals surface area contributed by atoms with E-state index in [9.17, 15) is 4.79 Å². The zero-order valence-electron chi connectivity index (χ0n) is 11.9. The summed E-state index contributed by atoms with van der Waals surface area (Å²) >= 11 is 1.67. The van der Waals surface area contributed by atoms with Gasteiger partial charge in [-0.25, -0.2) is 0 Å². The highest BCUT2D eigenvalue weighted by Crippen LogP contribution is 2.38. The third kappa shape index (κ3) is 3.05. The maximum atomic E-state index is 12.2. The molecule has 0 radical (unpaired) electrons. The Balaban J connectivity index is 1.50. The van der Waals surface area contributed by atoms with Crippen molar-refractivity contribution >= 4 is 17.2 Å². The molecule has 1 atom stereocenters. The van der Waals surface area contributed by atoms with E-state index in [0.717, 1.165) is 38.8 Å². The molecule has 1 aromatic heterocycles. The van der Waals surface area contributed by atoms with Gasteiger partial charge in [-0.2, -0.15) is 0 Å². The number of carbonyl (C=O) groups excluding carboxylic acids is 1. The number of thiophene rings is 1. The Labute approximate surface area is 124 Å². The van der Waals surface area contributed by atoms with Gasteiger partial charge in [-0.05, 0) is 44.2 Å². The SMILES string of the molecule is CN1CCC2(CCC(C(=O)NCc3cccs3)O2)CC1. The molecule has 1 aromatic rings. The Morgan fingerprint density at radius 2 is 2.30 bits per heavy atom. The molecule has 20 heavy (non-hydrogen) atoms. The maximum Gasteiger partial charge on any atom is 0.249 e. The van der Waals surface area contributed by atoms with Crippen LogP contribution in [0.15, 0.2) is 17.5 Å². The lowest BCUT2D eigenvalue weighted by atomic mass is 9.89. The van der Waals surface area contributed by atoms with E-state index in [1.165, 1.54) is 4.88 Å². The summed E-state index contributed by atoms with van der Waals surface area (Å²) in [7, 11) is 2.15. The third-order valence-electron chi connectivity index (χ3n) is 4.46. The molecule has 1 unspecified atom stereocenters. The first-order chi connectivity index (χ1) is 9.67. The van der Waals surface area contributed by atoms with E-state index in [1.807, 2.05) is 17.5 Å². The first-order valence-corrected chi connectivity index (χ1v) is 8.21. The van der Waals surface area contributed by atoms with Crippen LogP contribution in [0.2, 0.25) is 0 Å². The van der Waals surface area contributed by atoms with Crippen molar-refractivity contribution in [1.82, 2.24) is 10.2 Å². The molecule has 110 valence electrons. The maximum absolute atomic E-state index is 12.2. The summed E-state index contributed by atoms with van der Waals surface area (Å²) in [6.07, 6.45) is 3.74. The van der Waals surface area contributed by atoms with Crippen LogP contribution >= 0.6 is 11.3 Å². The minimum atomic E-state index is -0.252. The van der Waals surface area contributed by atoms with Crippen LogP contribution in [0.1, 0.15) is 30.6 Å². The predicted octanol–water partition coefficient (Wildman–Crippen LogP) is 2.01. The second-order valence-electron chi connectivity index (χ2n) is 5.93. The van der Waals surface area contributed by atoms with Gasteiger partial charge in [0.2, 0.25) is 5.91 Å². The van der Waals surface area contributed by atoms with Gasteiger partial charge >= 0.3 is 0 Å². The lowest BCUT2D eigenvalue weighted by molar-refractivity contribution is -0.140. The molecule has 3 rings (SSSR count). The molecule has 0 aromatic carbocycles. The van der Waals surface area contributed by atoms with Crippen molar-refractivity contribution in [3.63, 3.8) is 0 Å². The molecule has 1 amide bonds. The van der Waals surface area contributed by atoms with Crippen LogP contribution < -0.4 is 5.32 Å². The number of carbonyl (C=O) groups is 1. The lowest BCUT2D eigenvalue weighted by Gasteiger charge is -2.37. The number of hydrogen-bond donors (Lipinski definition) is 1. The van der Waals surface area contributed by atoms with E-state index >= 15 is 0 Å². The normalized spacial score (nSPS) is 25.9. The molecular weight excluding hydrogens is 272 g/mol. The molecular formula is C15H22N2O2S. The number of piperidine rings is 1. The lowest BCUT2D eigenvalue weighted by Crippen LogP contribution is -2.44. The fourth-order valence-electron chi connectivity index (χ4n) is 3.09. The molecule has 1 spiro atoms. The molecule has 0 aliphatic carbocycles. The number of likely N-dealkylation sites (tertiary alicyclic amines) is 1. The van der Waals surface area contributed by atoms with Crippen molar-refractivity contribution < 1.29 is 9.53 Å². The highest BCUT2D eigenvalue weighted by atomic mass is 32.1. The van der Waals surface area contributed by atoms with Crippen molar-refractivity contribution in [2.45, 2.75) is 43.9 Å². The smallest absolute Gasteiger partial charge is 0.249 e. The molecule has 2 aliphatic rings. The highest BCUT2D eigenvalue weighted by Gasteiger charge is 2.44. The van der Waals surface area contributed by atoms with Crippen molar-refractivity contribution in [2.75, 3.05) is 20.1 Å². The number of rotatable bonds is 3. The Bertz CT molecular complexity index is 452. The van der Waals surface area contributed by atoms with Crippen molar-refractivity contribution in [3.8, 4) is 0 Å². The van der Waals surface area contributed by atoms with Gasteiger partial charge in [0.25, 0.3) is 0 Å². The highest BCUT2D eigenvalue weighted by molar-refractivity contribution is 7.09. The van der Waals surface area contributed by atoms with Crippen LogP contribution in [0.4, 0.5) is 0 Å². The number of hydrogen-bond acceptors (Lipinski definition) is 4. The van der Waals surface area contributed by atoms with Crippen LogP contribution in [-0.4, -0.2) is 42.6 Å². The quantitative estimate of drug-likeness (QED) is 0.927. The molecule has 0 bridgehead atoms. The first kappa shape index (κ1) is 14.0. The topological polar surface area (TPSA) is 41.6 Å². The van der Waals surface area contributed by atoms with Gasteiger partial charge < -0.3 is 15.0 Å². The van der Waals surface area contributed by atoms with E-state index in [4.69, 9.17) is 4.74 Å². The number of ether oxygens (including phenoxy) is 1. The van der Waals surface area contributed by atoms with Gasteiger partial charge in [0.05, 0.1) is 12.1 Å². The standard InChI is InChI=1S/C15H22N2O2S/c1-17-8-6-15(7-9-17)5-4-13(19-15)14(18)16-11-12-3-2-10-20-12/h2-3,10,13H,4-9,11H2,1H3,(H,16,18). The molecule has 2 fully saturated rings. The number of amides is 1. The monoisotopic (exact) mass is 294 g/mol. The molecule has 2 aliphatic heterocycles. The zero-order chi connectivity index (χ0) is 14.0. The molecule has 0 saturated carbocycles. The fraction of sp³-hybridized carbons (Fsp3) is 0.667. The van der Waals surface area contributed by atoms with E-state index in [2.05, 4.69) is 17.3 Å². The first-order valence-electron chi connectivity index (χ1n) is 7.33. The third-order valence-corrected chi connectivity index (χ3v) is 5.34. The van der Waals surface area contributed by atoms with Crippen molar-refractivity contribution in [3.05, 3.63) is 22.4 Å². The van der Waals surface area contributed by atoms with Crippen LogP contribution in [0, 0.1) is 0 Å². The van der Waals surface area contributed by atoms with Crippen molar-refractivity contribution in [2.24, 2.45) is 0 Å². The number of nitrogens with zero attached hydrogens (tertiary/aromatic N) is 1. The van der Waals surface area contributed by atoms with E-state index in [1.54, 1.807) is 11.3 Å². The van der Waals surface area contributed by atoms with Gasteiger partial charge in [0, 0.05) is 18.0 Å². The van der Waals surface area contributed by atoms with E-state index in [-0.39, 0.29) is 17.6 Å². The second kappa shape index (κ2) is 5.84. The van der Waals surface area contributed by atoms with Gasteiger partial charge in [-0.3, -0.25) is 4.79 Å². The van der Waals surface area contributed by atoms with Gasteiger partial charge in [0.1, 0.15) is 6.10 Å². The van der Waals surface area contributed by atoms with Crippen LogP contribution in [0.25, 0.3) is 0 Å². The average molecular weight is 294 g/mol. The summed E-state index contributed by atoms with van der Waals surface area (Å²) in [4.78, 5) is 15.7. The summed E-state index contributed by atoms with van der Waals surface area (Å²) in [6, 6.07) is 4.05. The van der Waals surface area contributed by atoms with Gasteiger partial charge in [-0.15, -0.1) is 11.3 Å². The van der Waals surface area contributed by atoms with Crippen LogP contribution in [-0.2, 0) is 16.1 Å². The van der Waals surface area contributed by atoms with Crippen molar-refractivity contribution in [1.29, 1.82) is 0 Å². The van der Waals surface area contributed by atoms with Gasteiger partial charge in [-0.1, -0.05) is 6.07 Å². The predicted molar refractivity (Wildman–Crippen MR) is 79.7 cm³/mol. The summed E-state index contributed by atoms with van der Waals surface area (Å²) in [5.41, 5.74) is -0.0303. The minimum absolute atomic E-state index is 0.0303. The Hall–Kier alpha value is -0.910. The second-order valence-corrected chi connectivity index (χ2v) is 6.96. The Morgan fingerprint density at radius 3 is 3.00 bits per heavy atom. The molecule has 3 heterocycles. The Morgan fingerprint density at radius 1 is 1.50 bits per heavy atom. The summed E-state index contributed by atoms with van der Waals surface area (Å²) in [5.74, 6) is 0.0502. The molecule has 5 heteroatoms. The molecule has 1 N–H and O–H groups in total. The molecule has 2 saturated heterocycles. The summed E-state index contributed by atoms with van der Waals surface area (Å²) in [6.45, 7) is 2.76. The Kier molecular flexibility index (Phi) is 4.10. The van der Waals surface area contributed by atoms with Crippen LogP contribution in [0.5, 0.6) is 0 Å². The van der Waals surface area contributed by atoms with Gasteiger partial charge in [0.15, 0.2) is 0 Å². The average Bonchev–Trinajstić information content (AvgIpc) is 3.10. The van der Waals surface area contributed by atoms with E-state index < -0.39 is 0 Å². The summed E-state index contributed by atoms with van der Waals surface area (Å²) in [5, 5.41) is 5.02. The minimum Gasteiger partial charge on any atom is -0.362 e. The largest absolute Gasteiger partial charge is 0.362 e.